The molecule has 0 bridgehead atoms. The molecule has 0 aliphatic rings. The second-order valence-corrected chi connectivity index (χ2v) is 5.75. The zero-order valence-electron chi connectivity index (χ0n) is 13.3. The van der Waals surface area contributed by atoms with Crippen LogP contribution in [0.2, 0.25) is 0 Å². The molecular weight excluding hydrogens is 304 g/mol. The highest BCUT2D eigenvalue weighted by Gasteiger charge is 2.20. The zero-order chi connectivity index (χ0) is 17.1. The maximum absolute atomic E-state index is 12.3. The molecule has 24 heavy (non-hydrogen) atoms. The third-order valence-electron chi connectivity index (χ3n) is 3.88. The SMILES string of the molecule is Cc1ccc2c(CC(=O)NC(C(N)=O)c3ccccc3)coc2c1. The number of primary amides is 1. The van der Waals surface area contributed by atoms with Gasteiger partial charge in [0.1, 0.15) is 11.6 Å². The molecule has 0 spiro atoms. The Morgan fingerprint density at radius 2 is 1.92 bits per heavy atom. The molecule has 0 fully saturated rings. The molecule has 2 aromatic carbocycles. The Bertz CT molecular complexity index is 884. The Hall–Kier alpha value is -3.08. The van der Waals surface area contributed by atoms with E-state index in [0.717, 1.165) is 22.1 Å². The molecule has 3 N–H and O–H groups in total. The van der Waals surface area contributed by atoms with Crippen LogP contribution in [-0.4, -0.2) is 11.8 Å². The van der Waals surface area contributed by atoms with Crippen molar-refractivity contribution < 1.29 is 14.0 Å². The van der Waals surface area contributed by atoms with Crippen molar-refractivity contribution in [2.75, 3.05) is 0 Å². The highest BCUT2D eigenvalue weighted by atomic mass is 16.3. The van der Waals surface area contributed by atoms with Gasteiger partial charge in [-0.2, -0.15) is 0 Å². The second-order valence-electron chi connectivity index (χ2n) is 5.75. The van der Waals surface area contributed by atoms with E-state index in [4.69, 9.17) is 10.2 Å². The third kappa shape index (κ3) is 3.30. The summed E-state index contributed by atoms with van der Waals surface area (Å²) >= 11 is 0. The molecule has 1 unspecified atom stereocenters. The number of fused-ring (bicyclic) bond motifs is 1. The maximum atomic E-state index is 12.3. The molecule has 0 aliphatic heterocycles. The van der Waals surface area contributed by atoms with Crippen LogP contribution in [0.4, 0.5) is 0 Å². The van der Waals surface area contributed by atoms with Gasteiger partial charge in [-0.25, -0.2) is 0 Å². The molecule has 1 heterocycles. The fourth-order valence-electron chi connectivity index (χ4n) is 2.68. The lowest BCUT2D eigenvalue weighted by molar-refractivity contribution is -0.127. The number of benzene rings is 2. The van der Waals surface area contributed by atoms with Gasteiger partial charge in [0.25, 0.3) is 0 Å². The van der Waals surface area contributed by atoms with E-state index in [1.54, 1.807) is 30.5 Å². The van der Waals surface area contributed by atoms with E-state index < -0.39 is 11.9 Å². The number of carbonyl (C=O) groups excluding carboxylic acids is 2. The summed E-state index contributed by atoms with van der Waals surface area (Å²) in [5.41, 5.74) is 8.69. The normalized spacial score (nSPS) is 12.0. The number of nitrogens with two attached hydrogens (primary N) is 1. The van der Waals surface area contributed by atoms with Gasteiger partial charge in [-0.1, -0.05) is 42.5 Å². The van der Waals surface area contributed by atoms with Crippen molar-refractivity contribution in [1.82, 2.24) is 5.32 Å². The van der Waals surface area contributed by atoms with Gasteiger partial charge in [-0.3, -0.25) is 9.59 Å². The average Bonchev–Trinajstić information content (AvgIpc) is 2.95. The average molecular weight is 322 g/mol. The third-order valence-corrected chi connectivity index (χ3v) is 3.88. The Morgan fingerprint density at radius 3 is 2.62 bits per heavy atom. The van der Waals surface area contributed by atoms with Crippen molar-refractivity contribution in [3.63, 3.8) is 0 Å². The number of nitrogens with one attached hydrogen (secondary N) is 1. The van der Waals surface area contributed by atoms with Crippen LogP contribution in [0.25, 0.3) is 11.0 Å². The largest absolute Gasteiger partial charge is 0.464 e. The topological polar surface area (TPSA) is 85.3 Å². The van der Waals surface area contributed by atoms with Crippen LogP contribution in [0, 0.1) is 6.92 Å². The lowest BCUT2D eigenvalue weighted by atomic mass is 10.1. The van der Waals surface area contributed by atoms with Crippen molar-refractivity contribution in [2.45, 2.75) is 19.4 Å². The van der Waals surface area contributed by atoms with Gasteiger partial charge in [0, 0.05) is 10.9 Å². The number of hydrogen-bond acceptors (Lipinski definition) is 3. The first-order valence-electron chi connectivity index (χ1n) is 7.65. The molecule has 0 saturated heterocycles. The molecule has 1 atom stereocenters. The molecule has 5 heteroatoms. The molecule has 3 aromatic rings. The summed E-state index contributed by atoms with van der Waals surface area (Å²) in [7, 11) is 0. The van der Waals surface area contributed by atoms with Gasteiger partial charge in [-0.15, -0.1) is 0 Å². The Morgan fingerprint density at radius 1 is 1.17 bits per heavy atom. The number of hydrogen-bond donors (Lipinski definition) is 2. The predicted octanol–water partition coefficient (Wildman–Crippen LogP) is 2.63. The second kappa shape index (κ2) is 6.58. The van der Waals surface area contributed by atoms with Crippen molar-refractivity contribution in [2.24, 2.45) is 5.73 Å². The summed E-state index contributed by atoms with van der Waals surface area (Å²) in [5, 5.41) is 3.59. The van der Waals surface area contributed by atoms with E-state index in [1.165, 1.54) is 0 Å². The summed E-state index contributed by atoms with van der Waals surface area (Å²) in [6.45, 7) is 1.98. The molecule has 2 amide bonds. The number of aryl methyl sites for hydroxylation is 1. The molecule has 0 saturated carbocycles. The van der Waals surface area contributed by atoms with Crippen molar-refractivity contribution >= 4 is 22.8 Å². The van der Waals surface area contributed by atoms with E-state index in [9.17, 15) is 9.59 Å². The van der Waals surface area contributed by atoms with E-state index in [-0.39, 0.29) is 12.3 Å². The first-order chi connectivity index (χ1) is 11.5. The molecule has 122 valence electrons. The lowest BCUT2D eigenvalue weighted by Crippen LogP contribution is -2.38. The van der Waals surface area contributed by atoms with Crippen LogP contribution in [0.15, 0.2) is 59.2 Å². The van der Waals surface area contributed by atoms with Gasteiger partial charge in [0.05, 0.1) is 12.7 Å². The zero-order valence-corrected chi connectivity index (χ0v) is 13.3. The first-order valence-corrected chi connectivity index (χ1v) is 7.65. The standard InChI is InChI=1S/C19H18N2O3/c1-12-7-8-15-14(11-24-16(15)9-12)10-17(22)21-18(19(20)23)13-5-3-2-4-6-13/h2-9,11,18H,10H2,1H3,(H2,20,23)(H,21,22). The van der Waals surface area contributed by atoms with Crippen molar-refractivity contribution in [3.8, 4) is 0 Å². The minimum atomic E-state index is -0.848. The first kappa shape index (κ1) is 15.8. The fraction of sp³-hybridized carbons (Fsp3) is 0.158. The van der Waals surface area contributed by atoms with Crippen LogP contribution in [0.3, 0.4) is 0 Å². The summed E-state index contributed by atoms with van der Waals surface area (Å²) < 4.78 is 5.50. The van der Waals surface area contributed by atoms with Crippen LogP contribution < -0.4 is 11.1 Å². The van der Waals surface area contributed by atoms with E-state index >= 15 is 0 Å². The fourth-order valence-corrected chi connectivity index (χ4v) is 2.68. The van der Waals surface area contributed by atoms with Gasteiger partial charge in [0.2, 0.25) is 11.8 Å². The monoisotopic (exact) mass is 322 g/mol. The highest BCUT2D eigenvalue weighted by Crippen LogP contribution is 2.23. The number of rotatable bonds is 5. The Kier molecular flexibility index (Phi) is 4.33. The highest BCUT2D eigenvalue weighted by molar-refractivity contribution is 5.91. The number of furan rings is 1. The van der Waals surface area contributed by atoms with Gasteiger partial charge >= 0.3 is 0 Å². The minimum absolute atomic E-state index is 0.118. The molecule has 3 rings (SSSR count). The number of amides is 2. The van der Waals surface area contributed by atoms with Crippen molar-refractivity contribution in [3.05, 3.63) is 71.5 Å². The molecule has 1 aromatic heterocycles. The minimum Gasteiger partial charge on any atom is -0.464 e. The molecule has 0 radical (unpaired) electrons. The summed E-state index contributed by atoms with van der Waals surface area (Å²) in [6.07, 6.45) is 1.69. The Labute approximate surface area is 139 Å². The van der Waals surface area contributed by atoms with Crippen LogP contribution >= 0.6 is 0 Å². The van der Waals surface area contributed by atoms with E-state index in [0.29, 0.717) is 5.56 Å². The van der Waals surface area contributed by atoms with Crippen molar-refractivity contribution in [1.29, 1.82) is 0 Å². The quantitative estimate of drug-likeness (QED) is 0.757. The summed E-state index contributed by atoms with van der Waals surface area (Å²) in [6, 6.07) is 13.9. The van der Waals surface area contributed by atoms with Gasteiger partial charge in [0.15, 0.2) is 0 Å². The molecule has 5 nitrogen and oxygen atoms in total. The summed E-state index contributed by atoms with van der Waals surface area (Å²) in [5.74, 6) is -0.881. The Balaban J connectivity index is 1.77. The number of carbonyl (C=O) groups is 2. The van der Waals surface area contributed by atoms with Gasteiger partial charge < -0.3 is 15.5 Å². The molecule has 0 aliphatic carbocycles. The van der Waals surface area contributed by atoms with E-state index in [1.807, 2.05) is 31.2 Å². The smallest absolute Gasteiger partial charge is 0.244 e. The predicted molar refractivity (Wildman–Crippen MR) is 91.2 cm³/mol. The maximum Gasteiger partial charge on any atom is 0.244 e. The van der Waals surface area contributed by atoms with Crippen LogP contribution in [0.5, 0.6) is 0 Å². The summed E-state index contributed by atoms with van der Waals surface area (Å²) in [4.78, 5) is 24.0. The lowest BCUT2D eigenvalue weighted by Gasteiger charge is -2.15. The van der Waals surface area contributed by atoms with Gasteiger partial charge in [-0.05, 0) is 24.1 Å². The van der Waals surface area contributed by atoms with E-state index in [2.05, 4.69) is 5.32 Å². The molecular formula is C19H18N2O3. The van der Waals surface area contributed by atoms with Crippen LogP contribution in [-0.2, 0) is 16.0 Å². The van der Waals surface area contributed by atoms with Crippen LogP contribution in [0.1, 0.15) is 22.7 Å².